The number of hydrogen-bond donors (Lipinski definition) is 1. The van der Waals surface area contributed by atoms with E-state index in [1.807, 2.05) is 18.4 Å². The Balaban J connectivity index is 2.55. The maximum atomic E-state index is 5.18. The first-order chi connectivity index (χ1) is 8.17. The van der Waals surface area contributed by atoms with Crippen LogP contribution >= 0.6 is 23.6 Å². The molecule has 0 saturated carbocycles. The van der Waals surface area contributed by atoms with Crippen molar-refractivity contribution < 1.29 is 4.74 Å². The van der Waals surface area contributed by atoms with E-state index in [-0.39, 0.29) is 0 Å². The van der Waals surface area contributed by atoms with Crippen LogP contribution in [0.4, 0.5) is 0 Å². The Labute approximate surface area is 108 Å². The van der Waals surface area contributed by atoms with Crippen LogP contribution in [0.2, 0.25) is 0 Å². The molecule has 0 amide bonds. The molecule has 0 fully saturated rings. The minimum Gasteiger partial charge on any atom is -0.378 e. The minimum atomic E-state index is 0.489. The Hall–Kier alpha value is -1.05. The van der Waals surface area contributed by atoms with Gasteiger partial charge < -0.3 is 4.74 Å². The van der Waals surface area contributed by atoms with Crippen molar-refractivity contribution in [1.29, 1.82) is 0 Å². The number of thiazole rings is 1. The monoisotopic (exact) mass is 270 g/mol. The Morgan fingerprint density at radius 1 is 1.53 bits per heavy atom. The van der Waals surface area contributed by atoms with Crippen LogP contribution in [0.25, 0.3) is 10.7 Å². The third kappa shape index (κ3) is 2.31. The van der Waals surface area contributed by atoms with Crippen molar-refractivity contribution in [1.82, 2.24) is 19.7 Å². The topological polar surface area (TPSA) is 55.7 Å². The van der Waals surface area contributed by atoms with Gasteiger partial charge in [-0.25, -0.2) is 4.98 Å². The highest BCUT2D eigenvalue weighted by atomic mass is 32.1. The van der Waals surface area contributed by atoms with E-state index in [0.717, 1.165) is 27.9 Å². The highest BCUT2D eigenvalue weighted by molar-refractivity contribution is 7.71. The first-order valence-electron chi connectivity index (χ1n) is 5.28. The molecule has 0 radical (unpaired) electrons. The molecular weight excluding hydrogens is 256 g/mol. The summed E-state index contributed by atoms with van der Waals surface area (Å²) < 4.78 is 7.75. The number of ether oxygens (including phenoxy) is 1. The number of methoxy groups -OCH3 is 1. The summed E-state index contributed by atoms with van der Waals surface area (Å²) in [6.07, 6.45) is 0. The summed E-state index contributed by atoms with van der Waals surface area (Å²) in [5.74, 6) is 0.843. The maximum absolute atomic E-state index is 5.18. The van der Waals surface area contributed by atoms with E-state index in [4.69, 9.17) is 17.0 Å². The number of aromatic nitrogens is 4. The van der Waals surface area contributed by atoms with Crippen molar-refractivity contribution >= 4 is 23.6 Å². The zero-order valence-electron chi connectivity index (χ0n) is 9.98. The van der Waals surface area contributed by atoms with Crippen LogP contribution in [-0.2, 0) is 17.9 Å². The van der Waals surface area contributed by atoms with Gasteiger partial charge in [0.2, 0.25) is 0 Å². The Kier molecular flexibility index (Phi) is 3.70. The second-order valence-corrected chi connectivity index (χ2v) is 5.13. The van der Waals surface area contributed by atoms with Gasteiger partial charge >= 0.3 is 0 Å². The molecule has 0 atom stereocenters. The van der Waals surface area contributed by atoms with Crippen LogP contribution in [0, 0.1) is 11.7 Å². The largest absolute Gasteiger partial charge is 0.378 e. The van der Waals surface area contributed by atoms with Crippen molar-refractivity contribution in [3.05, 3.63) is 15.5 Å². The summed E-state index contributed by atoms with van der Waals surface area (Å²) in [6, 6.07) is 0. The fourth-order valence-corrected chi connectivity index (χ4v) is 2.85. The molecule has 1 N–H and O–H groups in total. The highest BCUT2D eigenvalue weighted by Crippen LogP contribution is 2.29. The molecule has 2 aromatic heterocycles. The van der Waals surface area contributed by atoms with Gasteiger partial charge in [0.05, 0.1) is 22.2 Å². The maximum Gasteiger partial charge on any atom is 0.195 e. The van der Waals surface area contributed by atoms with Crippen LogP contribution in [0.5, 0.6) is 0 Å². The molecule has 5 nitrogen and oxygen atoms in total. The molecule has 92 valence electrons. The zero-order valence-corrected chi connectivity index (χ0v) is 11.6. The molecule has 0 unspecified atom stereocenters. The molecule has 2 rings (SSSR count). The van der Waals surface area contributed by atoms with E-state index in [1.165, 1.54) is 0 Å². The lowest BCUT2D eigenvalue weighted by Crippen LogP contribution is -1.99. The molecule has 2 aromatic rings. The predicted octanol–water partition coefficient (Wildman–Crippen LogP) is 2.54. The quantitative estimate of drug-likeness (QED) is 0.867. The molecule has 0 aliphatic carbocycles. The molecule has 0 aliphatic rings. The summed E-state index contributed by atoms with van der Waals surface area (Å²) in [5, 5.41) is 8.10. The second kappa shape index (κ2) is 5.07. The Morgan fingerprint density at radius 3 is 2.94 bits per heavy atom. The van der Waals surface area contributed by atoms with E-state index >= 15 is 0 Å². The van der Waals surface area contributed by atoms with Crippen molar-refractivity contribution in [2.24, 2.45) is 0 Å². The van der Waals surface area contributed by atoms with E-state index < -0.39 is 0 Å². The number of hydrogen-bond acceptors (Lipinski definition) is 5. The first-order valence-corrected chi connectivity index (χ1v) is 6.50. The van der Waals surface area contributed by atoms with Crippen molar-refractivity contribution in [3.63, 3.8) is 0 Å². The van der Waals surface area contributed by atoms with Gasteiger partial charge in [0.25, 0.3) is 0 Å². The van der Waals surface area contributed by atoms with Crippen LogP contribution in [0.15, 0.2) is 0 Å². The van der Waals surface area contributed by atoms with E-state index in [2.05, 4.69) is 15.2 Å². The summed E-state index contributed by atoms with van der Waals surface area (Å²) in [7, 11) is 1.66. The second-order valence-electron chi connectivity index (χ2n) is 3.54. The van der Waals surface area contributed by atoms with E-state index in [9.17, 15) is 0 Å². The Bertz CT molecular complexity index is 569. The molecule has 17 heavy (non-hydrogen) atoms. The summed E-state index contributed by atoms with van der Waals surface area (Å²) in [6.45, 7) is 5.29. The lowest BCUT2D eigenvalue weighted by molar-refractivity contribution is 0.182. The van der Waals surface area contributed by atoms with Gasteiger partial charge in [0, 0.05) is 13.7 Å². The molecule has 0 spiro atoms. The number of nitrogens with zero attached hydrogens (tertiary/aromatic N) is 3. The highest BCUT2D eigenvalue weighted by Gasteiger charge is 2.16. The number of rotatable bonds is 4. The third-order valence-electron chi connectivity index (χ3n) is 2.36. The lowest BCUT2D eigenvalue weighted by atomic mass is 10.3. The summed E-state index contributed by atoms with van der Waals surface area (Å²) in [4.78, 5) is 5.48. The van der Waals surface area contributed by atoms with Gasteiger partial charge in [-0.2, -0.15) is 5.10 Å². The third-order valence-corrected chi connectivity index (χ3v) is 3.68. The first kappa shape index (κ1) is 12.4. The van der Waals surface area contributed by atoms with Gasteiger partial charge in [-0.15, -0.1) is 11.3 Å². The number of nitrogens with one attached hydrogen (secondary N) is 1. The summed E-state index contributed by atoms with van der Waals surface area (Å²) >= 11 is 6.79. The fraction of sp³-hybridized carbons (Fsp3) is 0.500. The average molecular weight is 270 g/mol. The van der Waals surface area contributed by atoms with Crippen LogP contribution in [0.1, 0.15) is 17.6 Å². The molecule has 0 aromatic carbocycles. The van der Waals surface area contributed by atoms with Crippen molar-refractivity contribution in [2.75, 3.05) is 7.11 Å². The standard InChI is InChI=1S/C10H14N4OS2/c1-4-14-9(12-13-10(14)16)8-7(5-15-3)11-6(2)17-8/h4-5H2,1-3H3,(H,13,16). The lowest BCUT2D eigenvalue weighted by Gasteiger charge is -2.02. The molecule has 7 heteroatoms. The van der Waals surface area contributed by atoms with Gasteiger partial charge in [-0.3, -0.25) is 9.67 Å². The molecule has 0 saturated heterocycles. The SMILES string of the molecule is CCn1c(-c2sc(C)nc2COC)n[nH]c1=S. The van der Waals surface area contributed by atoms with Gasteiger partial charge in [0.1, 0.15) is 0 Å². The van der Waals surface area contributed by atoms with Gasteiger partial charge in [-0.05, 0) is 26.1 Å². The normalized spacial score (nSPS) is 11.0. The Morgan fingerprint density at radius 2 is 2.29 bits per heavy atom. The smallest absolute Gasteiger partial charge is 0.195 e. The number of aryl methyl sites for hydroxylation is 1. The zero-order chi connectivity index (χ0) is 12.4. The molecule has 0 bridgehead atoms. The van der Waals surface area contributed by atoms with Gasteiger partial charge in [0.15, 0.2) is 10.6 Å². The number of H-pyrrole nitrogens is 1. The fourth-order valence-electron chi connectivity index (χ4n) is 1.66. The number of aromatic amines is 1. The van der Waals surface area contributed by atoms with Crippen LogP contribution < -0.4 is 0 Å². The van der Waals surface area contributed by atoms with Gasteiger partial charge in [-0.1, -0.05) is 0 Å². The van der Waals surface area contributed by atoms with Crippen LogP contribution in [-0.4, -0.2) is 26.9 Å². The van der Waals surface area contributed by atoms with E-state index in [0.29, 0.717) is 11.4 Å². The van der Waals surface area contributed by atoms with Crippen molar-refractivity contribution in [2.45, 2.75) is 27.0 Å². The predicted molar refractivity (Wildman–Crippen MR) is 69.6 cm³/mol. The van der Waals surface area contributed by atoms with Crippen molar-refractivity contribution in [3.8, 4) is 10.7 Å². The van der Waals surface area contributed by atoms with Crippen LogP contribution in [0.3, 0.4) is 0 Å². The molecule has 0 aliphatic heterocycles. The average Bonchev–Trinajstić information content (AvgIpc) is 2.82. The molecule has 2 heterocycles. The minimum absolute atomic E-state index is 0.489. The van der Waals surface area contributed by atoms with E-state index in [1.54, 1.807) is 18.4 Å². The molecular formula is C10H14N4OS2. The summed E-state index contributed by atoms with van der Waals surface area (Å²) in [5.41, 5.74) is 0.915.